The lowest BCUT2D eigenvalue weighted by molar-refractivity contribution is 0.0738. The number of hydrogen-bond acceptors (Lipinski definition) is 7. The fraction of sp³-hybridized carbons (Fsp3) is 0.355. The maximum atomic E-state index is 13.3. The van der Waals surface area contributed by atoms with Gasteiger partial charge in [0.2, 0.25) is 5.95 Å². The van der Waals surface area contributed by atoms with Gasteiger partial charge in [0.05, 0.1) is 12.2 Å². The number of nitrogens with zero attached hydrogens (tertiary/aromatic N) is 7. The number of allylic oxidation sites excluding steroid dienone is 1. The van der Waals surface area contributed by atoms with Gasteiger partial charge in [0.1, 0.15) is 11.0 Å². The molecule has 4 aromatic heterocycles. The van der Waals surface area contributed by atoms with Crippen LogP contribution in [0, 0.1) is 0 Å². The maximum Gasteiger partial charge on any atom is 0.278 e. The zero-order valence-corrected chi connectivity index (χ0v) is 24.0. The molecule has 1 aromatic carbocycles. The molecule has 0 atom stereocenters. The molecule has 1 aliphatic carbocycles. The molecule has 0 aliphatic heterocycles. The highest BCUT2D eigenvalue weighted by Crippen LogP contribution is 2.43. The molecule has 1 aliphatic rings. The second-order valence-corrected chi connectivity index (χ2v) is 11.6. The van der Waals surface area contributed by atoms with Gasteiger partial charge in [-0.2, -0.15) is 4.98 Å². The molecule has 5 aromatic rings. The van der Waals surface area contributed by atoms with Gasteiger partial charge in [-0.3, -0.25) is 4.79 Å². The van der Waals surface area contributed by atoms with Crippen LogP contribution in [0.1, 0.15) is 38.8 Å². The average molecular weight is 553 g/mol. The topological polar surface area (TPSA) is 106 Å². The van der Waals surface area contributed by atoms with Crippen LogP contribution in [0.3, 0.4) is 0 Å². The Labute approximate surface area is 238 Å². The summed E-state index contributed by atoms with van der Waals surface area (Å²) in [6.45, 7) is 8.40. The Hall–Kier alpha value is -4.28. The van der Waals surface area contributed by atoms with Crippen LogP contribution >= 0.6 is 0 Å². The van der Waals surface area contributed by atoms with E-state index in [1.165, 1.54) is 29.2 Å². The molecular formula is C31H36N8O2. The van der Waals surface area contributed by atoms with Gasteiger partial charge in [0, 0.05) is 41.1 Å². The summed E-state index contributed by atoms with van der Waals surface area (Å²) < 4.78 is 5.50. The number of aromatic nitrogens is 6. The van der Waals surface area contributed by atoms with Crippen molar-refractivity contribution in [3.63, 3.8) is 0 Å². The van der Waals surface area contributed by atoms with E-state index in [0.29, 0.717) is 34.0 Å². The minimum absolute atomic E-state index is 0.244. The van der Waals surface area contributed by atoms with E-state index >= 15 is 0 Å². The Balaban J connectivity index is 1.33. The van der Waals surface area contributed by atoms with Crippen molar-refractivity contribution in [2.75, 3.05) is 19.4 Å². The number of hydrogen-bond donors (Lipinski definition) is 2. The van der Waals surface area contributed by atoms with Crippen LogP contribution < -0.4 is 10.9 Å². The van der Waals surface area contributed by atoms with E-state index in [9.17, 15) is 9.90 Å². The zero-order valence-electron chi connectivity index (χ0n) is 24.0. The third-order valence-electron chi connectivity index (χ3n) is 8.18. The second-order valence-electron chi connectivity index (χ2n) is 11.6. The van der Waals surface area contributed by atoms with Crippen LogP contribution in [0.2, 0.25) is 0 Å². The van der Waals surface area contributed by atoms with Gasteiger partial charge in [-0.15, -0.1) is 6.58 Å². The predicted molar refractivity (Wildman–Crippen MR) is 162 cm³/mol. The number of benzene rings is 1. The first kappa shape index (κ1) is 26.9. The van der Waals surface area contributed by atoms with Crippen molar-refractivity contribution in [2.45, 2.75) is 57.3 Å². The highest BCUT2D eigenvalue weighted by molar-refractivity contribution is 5.85. The Morgan fingerprint density at radius 2 is 1.98 bits per heavy atom. The first-order valence-corrected chi connectivity index (χ1v) is 13.9. The molecule has 1 saturated carbocycles. The van der Waals surface area contributed by atoms with E-state index in [2.05, 4.69) is 69.8 Å². The van der Waals surface area contributed by atoms with Crippen LogP contribution in [0.4, 0.5) is 11.6 Å². The molecule has 2 N–H and O–H groups in total. The lowest BCUT2D eigenvalue weighted by atomic mass is 10.1. The van der Waals surface area contributed by atoms with Gasteiger partial charge >= 0.3 is 0 Å². The molecule has 0 spiro atoms. The van der Waals surface area contributed by atoms with Crippen molar-refractivity contribution < 1.29 is 5.11 Å². The summed E-state index contributed by atoms with van der Waals surface area (Å²) in [4.78, 5) is 29.5. The summed E-state index contributed by atoms with van der Waals surface area (Å²) in [6, 6.07) is 13.7. The number of nitrogens with one attached hydrogen (secondary N) is 1. The van der Waals surface area contributed by atoms with Crippen molar-refractivity contribution in [3.05, 3.63) is 83.6 Å². The summed E-state index contributed by atoms with van der Waals surface area (Å²) in [7, 11) is 4.35. The van der Waals surface area contributed by atoms with Crippen LogP contribution in [0.5, 0.6) is 0 Å². The molecule has 0 radical (unpaired) electrons. The number of aliphatic hydroxyl groups is 1. The molecule has 0 saturated heterocycles. The highest BCUT2D eigenvalue weighted by Gasteiger charge is 2.44. The molecule has 6 rings (SSSR count). The molecule has 0 bridgehead atoms. The Morgan fingerprint density at radius 3 is 2.68 bits per heavy atom. The summed E-state index contributed by atoms with van der Waals surface area (Å²) in [5.74, 6) is 0.828. The minimum Gasteiger partial charge on any atom is -0.384 e. The largest absolute Gasteiger partial charge is 0.384 e. The summed E-state index contributed by atoms with van der Waals surface area (Å²) in [5, 5.41) is 15.3. The van der Waals surface area contributed by atoms with Gasteiger partial charge in [0.25, 0.3) is 5.56 Å². The third kappa shape index (κ3) is 4.93. The van der Waals surface area contributed by atoms with Crippen LogP contribution in [-0.4, -0.2) is 58.5 Å². The quantitative estimate of drug-likeness (QED) is 0.245. The standard InChI is InChI=1S/C31H36N8O2/c1-6-16-38-28(40)23-20-32-29(35-27(23)39(38)26-9-7-8-25(34-26)30(2,3)41)33-22-10-11-24-21(19-22)12-17-37(24)18-15-31(13-14-31)36(4)5/h6-12,17,19-20,41H,1,13-16,18H2,2-5H3,(H,32,33,35). The lowest BCUT2D eigenvalue weighted by Gasteiger charge is -2.24. The van der Waals surface area contributed by atoms with Gasteiger partial charge < -0.3 is 19.9 Å². The van der Waals surface area contributed by atoms with Crippen LogP contribution in [0.25, 0.3) is 27.8 Å². The molecule has 212 valence electrons. The second kappa shape index (κ2) is 9.97. The first-order valence-electron chi connectivity index (χ1n) is 13.9. The fourth-order valence-corrected chi connectivity index (χ4v) is 5.49. The van der Waals surface area contributed by atoms with Gasteiger partial charge in [0.15, 0.2) is 11.5 Å². The average Bonchev–Trinajstić information content (AvgIpc) is 3.57. The van der Waals surface area contributed by atoms with E-state index in [1.54, 1.807) is 42.8 Å². The van der Waals surface area contributed by atoms with Crippen molar-refractivity contribution in [3.8, 4) is 5.82 Å². The molecule has 0 unspecified atom stereocenters. The lowest BCUT2D eigenvalue weighted by Crippen LogP contribution is -2.31. The van der Waals surface area contributed by atoms with Crippen LogP contribution in [0.15, 0.2) is 72.3 Å². The molecular weight excluding hydrogens is 516 g/mol. The molecule has 41 heavy (non-hydrogen) atoms. The number of pyridine rings is 1. The first-order chi connectivity index (χ1) is 19.6. The summed E-state index contributed by atoms with van der Waals surface area (Å²) in [6.07, 6.45) is 9.01. The van der Waals surface area contributed by atoms with Crippen molar-refractivity contribution in [1.29, 1.82) is 0 Å². The Kier molecular flexibility index (Phi) is 6.55. The van der Waals surface area contributed by atoms with E-state index in [4.69, 9.17) is 4.98 Å². The number of fused-ring (bicyclic) bond motifs is 2. The molecule has 0 amide bonds. The van der Waals surface area contributed by atoms with E-state index < -0.39 is 5.60 Å². The molecule has 10 heteroatoms. The smallest absolute Gasteiger partial charge is 0.278 e. The maximum absolute atomic E-state index is 13.3. The normalized spacial score (nSPS) is 14.7. The van der Waals surface area contributed by atoms with Gasteiger partial charge in [-0.05, 0) is 83.6 Å². The van der Waals surface area contributed by atoms with Crippen molar-refractivity contribution in [2.24, 2.45) is 0 Å². The SMILES string of the molecule is C=CCn1c(=O)c2cnc(Nc3ccc4c(ccn4CCC4(N(C)C)CC4)c3)nc2n1-c1cccc(C(C)(C)O)n1. The highest BCUT2D eigenvalue weighted by atomic mass is 16.3. The molecule has 1 fully saturated rings. The number of rotatable bonds is 10. The Morgan fingerprint density at radius 1 is 1.17 bits per heavy atom. The zero-order chi connectivity index (χ0) is 28.9. The fourth-order valence-electron chi connectivity index (χ4n) is 5.49. The predicted octanol–water partition coefficient (Wildman–Crippen LogP) is 4.57. The Bertz CT molecular complexity index is 1820. The molecule has 10 nitrogen and oxygen atoms in total. The van der Waals surface area contributed by atoms with Crippen LogP contribution in [-0.2, 0) is 18.7 Å². The van der Waals surface area contributed by atoms with Gasteiger partial charge in [-0.1, -0.05) is 12.1 Å². The van der Waals surface area contributed by atoms with Crippen molar-refractivity contribution >= 4 is 33.6 Å². The number of aryl methyl sites for hydroxylation is 1. The summed E-state index contributed by atoms with van der Waals surface area (Å²) >= 11 is 0. The number of anilines is 2. The summed E-state index contributed by atoms with van der Waals surface area (Å²) in [5.41, 5.74) is 1.90. The van der Waals surface area contributed by atoms with Crippen molar-refractivity contribution in [1.82, 2.24) is 33.8 Å². The van der Waals surface area contributed by atoms with E-state index in [-0.39, 0.29) is 12.1 Å². The van der Waals surface area contributed by atoms with E-state index in [0.717, 1.165) is 24.0 Å². The monoisotopic (exact) mass is 552 g/mol. The van der Waals surface area contributed by atoms with Gasteiger partial charge in [-0.25, -0.2) is 19.3 Å². The minimum atomic E-state index is -1.15. The third-order valence-corrected chi connectivity index (χ3v) is 8.18. The molecule has 4 heterocycles. The van der Waals surface area contributed by atoms with E-state index in [1.807, 2.05) is 6.07 Å².